The summed E-state index contributed by atoms with van der Waals surface area (Å²) in [6.45, 7) is 0. The maximum Gasteiger partial charge on any atom is 0.293 e. The molecule has 8 rings (SSSR count). The van der Waals surface area contributed by atoms with Crippen molar-refractivity contribution in [3.63, 3.8) is 0 Å². The van der Waals surface area contributed by atoms with Gasteiger partial charge in [-0.15, -0.1) is 0 Å². The van der Waals surface area contributed by atoms with E-state index in [1.807, 2.05) is 24.3 Å². The van der Waals surface area contributed by atoms with E-state index in [0.717, 1.165) is 9.79 Å². The van der Waals surface area contributed by atoms with Gasteiger partial charge in [0, 0.05) is 104 Å². The van der Waals surface area contributed by atoms with Crippen LogP contribution in [0.25, 0.3) is 44.5 Å². The van der Waals surface area contributed by atoms with E-state index < -0.39 is 9.85 Å². The maximum atomic E-state index is 11.4. The largest absolute Gasteiger partial charge is 0.397 e. The van der Waals surface area contributed by atoms with E-state index in [1.165, 1.54) is 47.8 Å². The fraction of sp³-hybridized carbons (Fsp3) is 0.0769. The molecule has 0 aliphatic heterocycles. The summed E-state index contributed by atoms with van der Waals surface area (Å²) in [5.74, 6) is 0. The zero-order valence-electron chi connectivity index (χ0n) is 40.3. The third-order valence-corrected chi connectivity index (χ3v) is 18.4. The van der Waals surface area contributed by atoms with Crippen molar-refractivity contribution < 1.29 is 9.85 Å². The molecule has 12 nitrogen and oxygen atoms in total. The van der Waals surface area contributed by atoms with Crippen LogP contribution in [-0.2, 0) is 0 Å². The molecule has 0 amide bonds. The summed E-state index contributed by atoms with van der Waals surface area (Å²) >= 11 is 82.2. The first-order valence-corrected chi connectivity index (χ1v) is 28.3. The molecule has 0 aromatic heterocycles. The van der Waals surface area contributed by atoms with Gasteiger partial charge in [0.1, 0.15) is 11.4 Å². The predicted molar refractivity (Wildman–Crippen MR) is 336 cm³/mol. The maximum absolute atomic E-state index is 11.4. The van der Waals surface area contributed by atoms with Crippen molar-refractivity contribution in [3.05, 3.63) is 178 Å². The van der Waals surface area contributed by atoms with Crippen LogP contribution in [0.15, 0.2) is 117 Å². The lowest BCUT2D eigenvalue weighted by Gasteiger charge is -2.17. The van der Waals surface area contributed by atoms with Crippen molar-refractivity contribution in [1.29, 1.82) is 0 Å². The SMILES string of the molecule is CNc1cc(-c2c(Cl)ccc(Sc3ccc(Cl)c(-c4cc(NC)c(N)cc4Cl)c3Cl)c2Cl)c(Cl)cc1N.CNc1cc(-c2c(Cl)ccc(Sc3ccc(Cl)c(-c4cc(NC)c([N+](=O)[O-])cc4Cl)c3Cl)c2Cl)c(Cl)cc1[N+](=O)[O-]. The number of nitrogen functional groups attached to an aromatic ring is 2. The Morgan fingerprint density at radius 3 is 0.821 bits per heavy atom. The van der Waals surface area contributed by atoms with Crippen LogP contribution in [0.4, 0.5) is 45.5 Å². The molecule has 404 valence electrons. The van der Waals surface area contributed by atoms with E-state index in [1.54, 1.807) is 76.7 Å². The molecule has 8 aromatic carbocycles. The van der Waals surface area contributed by atoms with Gasteiger partial charge >= 0.3 is 0 Å². The summed E-state index contributed by atoms with van der Waals surface area (Å²) in [7, 11) is 6.64. The van der Waals surface area contributed by atoms with Crippen molar-refractivity contribution in [2.75, 3.05) is 60.9 Å². The van der Waals surface area contributed by atoms with Crippen molar-refractivity contribution in [2.45, 2.75) is 19.6 Å². The molecule has 0 aliphatic carbocycles. The first kappa shape index (κ1) is 61.2. The van der Waals surface area contributed by atoms with Gasteiger partial charge in [0.2, 0.25) is 0 Å². The highest BCUT2D eigenvalue weighted by Gasteiger charge is 2.26. The monoisotopic (exact) mass is 1320 g/mol. The molecule has 0 aliphatic rings. The summed E-state index contributed by atoms with van der Waals surface area (Å²) < 4.78 is 0. The molecule has 8 N–H and O–H groups in total. The lowest BCUT2D eigenvalue weighted by atomic mass is 10.0. The number of halogens is 12. The fourth-order valence-electron chi connectivity index (χ4n) is 7.88. The third kappa shape index (κ3) is 12.7. The van der Waals surface area contributed by atoms with Crippen LogP contribution >= 0.6 is 163 Å². The molecule has 0 spiro atoms. The Labute approximate surface area is 515 Å². The fourth-order valence-corrected chi connectivity index (χ4v) is 13.5. The topological polar surface area (TPSA) is 186 Å². The van der Waals surface area contributed by atoms with E-state index in [2.05, 4.69) is 21.3 Å². The molecule has 0 fully saturated rings. The second-order valence-corrected chi connectivity index (χ2v) is 23.1. The number of nitro groups is 2. The minimum atomic E-state index is -0.548. The number of nitrogens with one attached hydrogen (secondary N) is 4. The zero-order valence-corrected chi connectivity index (χ0v) is 51.0. The average Bonchev–Trinajstić information content (AvgIpc) is 3.41. The molecule has 8 aromatic rings. The van der Waals surface area contributed by atoms with Gasteiger partial charge < -0.3 is 32.7 Å². The van der Waals surface area contributed by atoms with E-state index >= 15 is 0 Å². The van der Waals surface area contributed by atoms with Crippen molar-refractivity contribution >= 4 is 208 Å². The normalized spacial score (nSPS) is 11.0. The Balaban J connectivity index is 0.000000227. The predicted octanol–water partition coefficient (Wildman–Crippen LogP) is 21.3. The molecular weight excluding hydrogens is 1290 g/mol. The number of nitrogens with two attached hydrogens (primary N) is 2. The standard InChI is InChI=1S/C26H16Cl6N4O4S.C26H20Cl6N4S/c1-33-17-7-11(15(29)9-19(17)35(37)38)23-13(27)3-5-21(25(23)31)41-22-6-4-14(28)24(26(22)32)12-8-18(34-2)20(36(39)40)10-16(12)30;1-35-19-7-11(15(29)9-17(19)33)23-13(27)3-5-21(25(23)31)37-22-6-4-14(28)24(26(22)32)12-8-20(36-2)18(34)10-16(12)30/h3-10,33-34H,1-2H3;3-10,35-36H,33-34H2,1-2H3. The highest BCUT2D eigenvalue weighted by Crippen LogP contribution is 2.53. The summed E-state index contributed by atoms with van der Waals surface area (Å²) in [6, 6.07) is 26.2. The van der Waals surface area contributed by atoms with Crippen LogP contribution in [0.3, 0.4) is 0 Å². The van der Waals surface area contributed by atoms with E-state index in [-0.39, 0.29) is 52.9 Å². The molecule has 0 bridgehead atoms. The quantitative estimate of drug-likeness (QED) is 0.0344. The van der Waals surface area contributed by atoms with Crippen LogP contribution in [-0.4, -0.2) is 38.0 Å². The average molecular weight is 1330 g/mol. The second kappa shape index (κ2) is 26.0. The third-order valence-electron chi connectivity index (χ3n) is 11.7. The van der Waals surface area contributed by atoms with Gasteiger partial charge in [0.25, 0.3) is 11.4 Å². The van der Waals surface area contributed by atoms with Gasteiger partial charge in [-0.1, -0.05) is 163 Å². The molecule has 0 saturated heterocycles. The molecule has 78 heavy (non-hydrogen) atoms. The first-order chi connectivity index (χ1) is 37.0. The van der Waals surface area contributed by atoms with Crippen LogP contribution < -0.4 is 32.7 Å². The van der Waals surface area contributed by atoms with Gasteiger partial charge in [0.15, 0.2) is 0 Å². The van der Waals surface area contributed by atoms with Crippen LogP contribution in [0, 0.1) is 20.2 Å². The molecule has 0 heterocycles. The molecule has 0 radical (unpaired) electrons. The number of nitrogens with zero attached hydrogens (tertiary/aromatic N) is 2. The Morgan fingerprint density at radius 1 is 0.359 bits per heavy atom. The number of benzene rings is 8. The summed E-state index contributed by atoms with van der Waals surface area (Å²) in [5.41, 5.74) is 18.6. The van der Waals surface area contributed by atoms with Gasteiger partial charge in [-0.25, -0.2) is 0 Å². The Kier molecular flexibility index (Phi) is 20.4. The number of hydrogen-bond acceptors (Lipinski definition) is 12. The second-order valence-electron chi connectivity index (χ2n) is 16.2. The summed E-state index contributed by atoms with van der Waals surface area (Å²) in [4.78, 5) is 24.3. The Bertz CT molecular complexity index is 3510. The van der Waals surface area contributed by atoms with Crippen molar-refractivity contribution in [3.8, 4) is 44.5 Å². The number of anilines is 6. The summed E-state index contributed by atoms with van der Waals surface area (Å²) in [5, 5.41) is 38.3. The van der Waals surface area contributed by atoms with Gasteiger partial charge in [-0.2, -0.15) is 0 Å². The van der Waals surface area contributed by atoms with E-state index in [4.69, 9.17) is 151 Å². The molecule has 0 atom stereocenters. The van der Waals surface area contributed by atoms with E-state index in [0.29, 0.717) is 107 Å². The van der Waals surface area contributed by atoms with Crippen molar-refractivity contribution in [2.24, 2.45) is 0 Å². The zero-order chi connectivity index (χ0) is 57.2. The molecule has 0 saturated carbocycles. The minimum Gasteiger partial charge on any atom is -0.397 e. The van der Waals surface area contributed by atoms with Crippen LogP contribution in [0.2, 0.25) is 60.3 Å². The number of hydrogen-bond donors (Lipinski definition) is 6. The van der Waals surface area contributed by atoms with Gasteiger partial charge in [0.05, 0.1) is 92.9 Å². The number of rotatable bonds is 14. The number of nitro benzene ring substituents is 2. The molecular formula is C52H36Cl12N8O4S2. The Morgan fingerprint density at radius 2 is 0.590 bits per heavy atom. The van der Waals surface area contributed by atoms with Crippen LogP contribution in [0.1, 0.15) is 0 Å². The van der Waals surface area contributed by atoms with E-state index in [9.17, 15) is 20.2 Å². The summed E-state index contributed by atoms with van der Waals surface area (Å²) in [6.07, 6.45) is 0. The Hall–Kier alpha value is -4.46. The highest BCUT2D eigenvalue weighted by atomic mass is 35.5. The molecule has 0 unspecified atom stereocenters. The van der Waals surface area contributed by atoms with Gasteiger partial charge in [-0.3, -0.25) is 20.2 Å². The van der Waals surface area contributed by atoms with Crippen molar-refractivity contribution in [1.82, 2.24) is 0 Å². The highest BCUT2D eigenvalue weighted by molar-refractivity contribution is 7.99. The smallest absolute Gasteiger partial charge is 0.293 e. The minimum absolute atomic E-state index is 0.0848. The van der Waals surface area contributed by atoms with Crippen LogP contribution in [0.5, 0.6) is 0 Å². The lowest BCUT2D eigenvalue weighted by Crippen LogP contribution is -1.98. The first-order valence-electron chi connectivity index (χ1n) is 22.1. The molecule has 26 heteroatoms. The van der Waals surface area contributed by atoms with Gasteiger partial charge in [-0.05, 0) is 84.9 Å². The lowest BCUT2D eigenvalue weighted by molar-refractivity contribution is -0.384.